The summed E-state index contributed by atoms with van der Waals surface area (Å²) in [4.78, 5) is 24.9. The van der Waals surface area contributed by atoms with Crippen LogP contribution in [0.2, 0.25) is 5.02 Å². The van der Waals surface area contributed by atoms with E-state index in [-0.39, 0.29) is 0 Å². The van der Waals surface area contributed by atoms with Crippen molar-refractivity contribution < 1.29 is 14.3 Å². The lowest BCUT2D eigenvalue weighted by atomic mass is 10.0. The molecule has 0 saturated heterocycles. The number of rotatable bonds is 2. The van der Waals surface area contributed by atoms with Crippen LogP contribution in [0.25, 0.3) is 0 Å². The summed E-state index contributed by atoms with van der Waals surface area (Å²) in [5.74, 6) is -0.609. The van der Waals surface area contributed by atoms with Gasteiger partial charge in [0.05, 0.1) is 5.69 Å². The lowest BCUT2D eigenvalue weighted by Crippen LogP contribution is -2.56. The maximum absolute atomic E-state index is 12.6. The molecule has 1 unspecified atom stereocenters. The Morgan fingerprint density at radius 1 is 1.26 bits per heavy atom. The number of amides is 2. The summed E-state index contributed by atoms with van der Waals surface area (Å²) in [6.45, 7) is 3.27. The van der Waals surface area contributed by atoms with Crippen LogP contribution in [0.15, 0.2) is 42.5 Å². The van der Waals surface area contributed by atoms with Crippen LogP contribution in [-0.4, -0.2) is 17.4 Å². The first-order chi connectivity index (χ1) is 10.9. The monoisotopic (exact) mass is 330 g/mol. The van der Waals surface area contributed by atoms with Gasteiger partial charge in [0.1, 0.15) is 5.75 Å². The molecule has 5 nitrogen and oxygen atoms in total. The second-order valence-corrected chi connectivity index (χ2v) is 5.91. The molecular formula is C17H15ClN2O3. The lowest BCUT2D eigenvalue weighted by Gasteiger charge is -2.33. The first-order valence-electron chi connectivity index (χ1n) is 7.07. The number of aryl methyl sites for hydroxylation is 1. The largest absolute Gasteiger partial charge is 0.466 e. The number of benzene rings is 2. The van der Waals surface area contributed by atoms with Gasteiger partial charge < -0.3 is 15.4 Å². The molecule has 0 radical (unpaired) electrons. The van der Waals surface area contributed by atoms with Crippen LogP contribution in [0, 0.1) is 6.92 Å². The van der Waals surface area contributed by atoms with Crippen LogP contribution >= 0.6 is 11.6 Å². The van der Waals surface area contributed by atoms with E-state index >= 15 is 0 Å². The van der Waals surface area contributed by atoms with E-state index in [0.717, 1.165) is 5.56 Å². The fourth-order valence-electron chi connectivity index (χ4n) is 2.29. The van der Waals surface area contributed by atoms with E-state index in [1.54, 1.807) is 42.5 Å². The maximum atomic E-state index is 12.6. The van der Waals surface area contributed by atoms with Gasteiger partial charge in [-0.25, -0.2) is 0 Å². The summed E-state index contributed by atoms with van der Waals surface area (Å²) in [6, 6.07) is 12.1. The zero-order valence-electron chi connectivity index (χ0n) is 12.6. The summed E-state index contributed by atoms with van der Waals surface area (Å²) < 4.78 is 5.67. The Bertz CT molecular complexity index is 806. The van der Waals surface area contributed by atoms with Gasteiger partial charge in [-0.1, -0.05) is 23.7 Å². The van der Waals surface area contributed by atoms with Gasteiger partial charge in [-0.15, -0.1) is 0 Å². The Hall–Kier alpha value is -2.53. The number of para-hydroxylation sites is 2. The highest BCUT2D eigenvalue weighted by atomic mass is 35.5. The molecule has 0 fully saturated rings. The molecule has 2 N–H and O–H groups in total. The topological polar surface area (TPSA) is 67.4 Å². The number of hydrogen-bond donors (Lipinski definition) is 2. The number of halogens is 1. The minimum Gasteiger partial charge on any atom is -0.466 e. The number of ether oxygens (including phenoxy) is 1. The van der Waals surface area contributed by atoms with Crippen molar-refractivity contribution >= 4 is 34.8 Å². The second-order valence-electron chi connectivity index (χ2n) is 5.50. The fraction of sp³-hybridized carbons (Fsp3) is 0.176. The van der Waals surface area contributed by atoms with Crippen LogP contribution in [0.1, 0.15) is 12.5 Å². The predicted molar refractivity (Wildman–Crippen MR) is 88.9 cm³/mol. The first-order valence-corrected chi connectivity index (χ1v) is 7.45. The van der Waals surface area contributed by atoms with Crippen LogP contribution in [0.5, 0.6) is 5.75 Å². The summed E-state index contributed by atoms with van der Waals surface area (Å²) >= 11 is 5.97. The molecule has 0 bridgehead atoms. The van der Waals surface area contributed by atoms with Crippen LogP contribution in [0.3, 0.4) is 0 Å². The SMILES string of the molecule is Cc1cc(NC(=O)C2(C)Oc3ccccc3NC2=O)ccc1Cl. The molecule has 2 aromatic rings. The Labute approximate surface area is 138 Å². The molecule has 23 heavy (non-hydrogen) atoms. The van der Waals surface area contributed by atoms with Crippen LogP contribution in [-0.2, 0) is 9.59 Å². The molecule has 0 spiro atoms. The quantitative estimate of drug-likeness (QED) is 0.829. The summed E-state index contributed by atoms with van der Waals surface area (Å²) in [5, 5.41) is 6.00. The van der Waals surface area contributed by atoms with Crippen molar-refractivity contribution in [1.29, 1.82) is 0 Å². The Kier molecular flexibility index (Phi) is 3.74. The molecule has 2 aromatic carbocycles. The number of nitrogens with one attached hydrogen (secondary N) is 2. The van der Waals surface area contributed by atoms with E-state index in [1.807, 2.05) is 6.92 Å². The van der Waals surface area contributed by atoms with Gasteiger partial charge in [-0.2, -0.15) is 0 Å². The molecule has 2 amide bonds. The molecule has 118 valence electrons. The van der Waals surface area contributed by atoms with Crippen molar-refractivity contribution in [2.45, 2.75) is 19.4 Å². The predicted octanol–water partition coefficient (Wildman–Crippen LogP) is 3.38. The van der Waals surface area contributed by atoms with Crippen molar-refractivity contribution in [2.75, 3.05) is 10.6 Å². The van der Waals surface area contributed by atoms with Crippen molar-refractivity contribution in [2.24, 2.45) is 0 Å². The highest BCUT2D eigenvalue weighted by Crippen LogP contribution is 2.34. The van der Waals surface area contributed by atoms with Crippen LogP contribution in [0.4, 0.5) is 11.4 Å². The third kappa shape index (κ3) is 2.75. The van der Waals surface area contributed by atoms with E-state index < -0.39 is 17.4 Å². The fourth-order valence-corrected chi connectivity index (χ4v) is 2.41. The van der Waals surface area contributed by atoms with Gasteiger partial charge in [-0.05, 0) is 49.7 Å². The van der Waals surface area contributed by atoms with E-state index in [0.29, 0.717) is 22.1 Å². The third-order valence-electron chi connectivity index (χ3n) is 3.73. The van der Waals surface area contributed by atoms with Crippen LogP contribution < -0.4 is 15.4 Å². The number of fused-ring (bicyclic) bond motifs is 1. The highest BCUT2D eigenvalue weighted by Gasteiger charge is 2.47. The summed E-state index contributed by atoms with van der Waals surface area (Å²) in [6.07, 6.45) is 0. The van der Waals surface area contributed by atoms with Gasteiger partial charge in [0.2, 0.25) is 0 Å². The number of carbonyl (C=O) groups is 2. The number of anilines is 2. The normalized spacial score (nSPS) is 19.3. The highest BCUT2D eigenvalue weighted by molar-refractivity contribution is 6.31. The maximum Gasteiger partial charge on any atom is 0.278 e. The Morgan fingerprint density at radius 2 is 2.00 bits per heavy atom. The number of hydrogen-bond acceptors (Lipinski definition) is 3. The molecule has 0 saturated carbocycles. The van der Waals surface area contributed by atoms with Gasteiger partial charge in [0.15, 0.2) is 0 Å². The number of carbonyl (C=O) groups excluding carboxylic acids is 2. The standard InChI is InChI=1S/C17H15ClN2O3/c1-10-9-11(7-8-12(10)18)19-15(21)17(2)16(22)20-13-5-3-4-6-14(13)23-17/h3-9H,1-2H3,(H,19,21)(H,20,22). The van der Waals surface area contributed by atoms with E-state index in [9.17, 15) is 9.59 Å². The molecular weight excluding hydrogens is 316 g/mol. The van der Waals surface area contributed by atoms with Crippen molar-refractivity contribution in [3.63, 3.8) is 0 Å². The lowest BCUT2D eigenvalue weighted by molar-refractivity contribution is -0.143. The zero-order chi connectivity index (χ0) is 16.6. The molecule has 6 heteroatoms. The first kappa shape index (κ1) is 15.4. The second kappa shape index (κ2) is 5.59. The molecule has 0 aromatic heterocycles. The van der Waals surface area contributed by atoms with Gasteiger partial charge in [-0.3, -0.25) is 9.59 Å². The van der Waals surface area contributed by atoms with E-state index in [2.05, 4.69) is 10.6 Å². The molecule has 1 aliphatic rings. The zero-order valence-corrected chi connectivity index (χ0v) is 13.4. The van der Waals surface area contributed by atoms with Crippen molar-refractivity contribution in [1.82, 2.24) is 0 Å². The molecule has 3 rings (SSSR count). The average molecular weight is 331 g/mol. The van der Waals surface area contributed by atoms with Gasteiger partial charge >= 0.3 is 0 Å². The molecule has 1 heterocycles. The summed E-state index contributed by atoms with van der Waals surface area (Å²) in [7, 11) is 0. The van der Waals surface area contributed by atoms with Crippen molar-refractivity contribution in [3.05, 3.63) is 53.1 Å². The molecule has 0 aliphatic carbocycles. The van der Waals surface area contributed by atoms with Crippen molar-refractivity contribution in [3.8, 4) is 5.75 Å². The summed E-state index contributed by atoms with van der Waals surface area (Å²) in [5.41, 5.74) is 0.273. The average Bonchev–Trinajstić information content (AvgIpc) is 2.52. The smallest absolute Gasteiger partial charge is 0.278 e. The van der Waals surface area contributed by atoms with E-state index in [1.165, 1.54) is 6.92 Å². The van der Waals surface area contributed by atoms with E-state index in [4.69, 9.17) is 16.3 Å². The van der Waals surface area contributed by atoms with Gasteiger partial charge in [0, 0.05) is 10.7 Å². The minimum atomic E-state index is -1.65. The van der Waals surface area contributed by atoms with Gasteiger partial charge in [0.25, 0.3) is 17.4 Å². The Balaban J connectivity index is 1.86. The third-order valence-corrected chi connectivity index (χ3v) is 4.16. The molecule has 1 aliphatic heterocycles. The Morgan fingerprint density at radius 3 is 2.74 bits per heavy atom. The minimum absolute atomic E-state index is 0.456. The molecule has 1 atom stereocenters.